The van der Waals surface area contributed by atoms with E-state index in [2.05, 4.69) is 73.4 Å². The fourth-order valence-electron chi connectivity index (χ4n) is 3.30. The van der Waals surface area contributed by atoms with Crippen molar-refractivity contribution in [2.75, 3.05) is 33.7 Å². The molecule has 118 valence electrons. The summed E-state index contributed by atoms with van der Waals surface area (Å²) in [6.45, 7) is 8.08. The standard InChI is InChI=1S/C18H31N3/c1-5-12-19-18(16-9-7-6-8-10-16)15(2)21-13-11-17(14-21)20(3)4/h6-10,15,17-19H,5,11-14H2,1-4H3. The maximum absolute atomic E-state index is 3.75. The van der Waals surface area contributed by atoms with Gasteiger partial charge >= 0.3 is 0 Å². The Morgan fingerprint density at radius 3 is 2.57 bits per heavy atom. The summed E-state index contributed by atoms with van der Waals surface area (Å²) in [6.07, 6.45) is 2.46. The molecule has 0 aliphatic carbocycles. The molecule has 1 aliphatic heterocycles. The highest BCUT2D eigenvalue weighted by Gasteiger charge is 2.31. The van der Waals surface area contributed by atoms with E-state index in [9.17, 15) is 0 Å². The van der Waals surface area contributed by atoms with Crippen molar-refractivity contribution in [1.82, 2.24) is 15.1 Å². The van der Waals surface area contributed by atoms with Crippen molar-refractivity contribution in [3.8, 4) is 0 Å². The van der Waals surface area contributed by atoms with Gasteiger partial charge in [-0.25, -0.2) is 0 Å². The number of hydrogen-bond donors (Lipinski definition) is 1. The van der Waals surface area contributed by atoms with Gasteiger partial charge < -0.3 is 10.2 Å². The molecule has 2 rings (SSSR count). The highest BCUT2D eigenvalue weighted by atomic mass is 15.3. The number of benzene rings is 1. The highest BCUT2D eigenvalue weighted by molar-refractivity contribution is 5.20. The van der Waals surface area contributed by atoms with E-state index >= 15 is 0 Å². The average Bonchev–Trinajstić information content (AvgIpc) is 2.98. The van der Waals surface area contributed by atoms with Crippen molar-refractivity contribution < 1.29 is 0 Å². The lowest BCUT2D eigenvalue weighted by atomic mass is 9.99. The largest absolute Gasteiger partial charge is 0.309 e. The van der Waals surface area contributed by atoms with Crippen molar-refractivity contribution in [2.45, 2.75) is 44.8 Å². The first-order chi connectivity index (χ1) is 10.1. The minimum absolute atomic E-state index is 0.423. The van der Waals surface area contributed by atoms with Gasteiger partial charge in [0.1, 0.15) is 0 Å². The molecule has 3 atom stereocenters. The van der Waals surface area contributed by atoms with E-state index in [4.69, 9.17) is 0 Å². The lowest BCUT2D eigenvalue weighted by molar-refractivity contribution is 0.188. The Morgan fingerprint density at radius 1 is 1.29 bits per heavy atom. The second-order valence-electron chi connectivity index (χ2n) is 6.48. The molecule has 0 bridgehead atoms. The number of nitrogens with zero attached hydrogens (tertiary/aromatic N) is 2. The van der Waals surface area contributed by atoms with E-state index in [1.807, 2.05) is 0 Å². The molecule has 0 amide bonds. The second kappa shape index (κ2) is 7.92. The third-order valence-corrected chi connectivity index (χ3v) is 4.76. The Bertz CT molecular complexity index is 404. The molecular formula is C18H31N3. The smallest absolute Gasteiger partial charge is 0.0475 e. The van der Waals surface area contributed by atoms with Crippen LogP contribution in [-0.2, 0) is 0 Å². The second-order valence-corrected chi connectivity index (χ2v) is 6.48. The SMILES string of the molecule is CCCNC(c1ccccc1)C(C)N1CCC(N(C)C)C1. The van der Waals surface area contributed by atoms with Crippen molar-refractivity contribution >= 4 is 0 Å². The summed E-state index contributed by atoms with van der Waals surface area (Å²) in [6, 6.07) is 12.6. The molecule has 1 aromatic carbocycles. The van der Waals surface area contributed by atoms with Crippen LogP contribution in [0, 0.1) is 0 Å². The van der Waals surface area contributed by atoms with Crippen molar-refractivity contribution in [3.63, 3.8) is 0 Å². The molecule has 0 spiro atoms. The monoisotopic (exact) mass is 289 g/mol. The summed E-state index contributed by atoms with van der Waals surface area (Å²) in [4.78, 5) is 5.01. The van der Waals surface area contributed by atoms with Crippen molar-refractivity contribution in [1.29, 1.82) is 0 Å². The fraction of sp³-hybridized carbons (Fsp3) is 0.667. The van der Waals surface area contributed by atoms with Gasteiger partial charge in [-0.3, -0.25) is 4.90 Å². The van der Waals surface area contributed by atoms with Gasteiger partial charge in [-0.2, -0.15) is 0 Å². The average molecular weight is 289 g/mol. The van der Waals surface area contributed by atoms with E-state index in [1.54, 1.807) is 0 Å². The summed E-state index contributed by atoms with van der Waals surface area (Å²) in [5.41, 5.74) is 1.41. The molecule has 1 fully saturated rings. The van der Waals surface area contributed by atoms with Crippen molar-refractivity contribution in [2.24, 2.45) is 0 Å². The molecule has 0 saturated carbocycles. The van der Waals surface area contributed by atoms with Crippen LogP contribution in [0.2, 0.25) is 0 Å². The predicted molar refractivity (Wildman–Crippen MR) is 90.6 cm³/mol. The quantitative estimate of drug-likeness (QED) is 0.832. The van der Waals surface area contributed by atoms with Crippen LogP contribution in [0.1, 0.15) is 38.3 Å². The van der Waals surface area contributed by atoms with Crippen LogP contribution >= 0.6 is 0 Å². The zero-order chi connectivity index (χ0) is 15.2. The van der Waals surface area contributed by atoms with E-state index in [0.29, 0.717) is 18.1 Å². The van der Waals surface area contributed by atoms with Gasteiger partial charge in [-0.05, 0) is 46.0 Å². The van der Waals surface area contributed by atoms with Gasteiger partial charge in [0.05, 0.1) is 0 Å². The molecule has 1 heterocycles. The Morgan fingerprint density at radius 2 is 2.00 bits per heavy atom. The number of likely N-dealkylation sites (tertiary alicyclic amines) is 1. The third kappa shape index (κ3) is 4.29. The molecule has 1 N–H and O–H groups in total. The molecule has 3 heteroatoms. The fourth-order valence-corrected chi connectivity index (χ4v) is 3.30. The Labute approximate surface area is 130 Å². The highest BCUT2D eigenvalue weighted by Crippen LogP contribution is 2.25. The number of nitrogens with one attached hydrogen (secondary N) is 1. The summed E-state index contributed by atoms with van der Waals surface area (Å²) in [5, 5.41) is 3.75. The van der Waals surface area contributed by atoms with Crippen LogP contribution in [0.3, 0.4) is 0 Å². The van der Waals surface area contributed by atoms with Gasteiger partial charge in [0, 0.05) is 31.2 Å². The number of likely N-dealkylation sites (N-methyl/N-ethyl adjacent to an activating group) is 1. The van der Waals surface area contributed by atoms with Gasteiger partial charge in [0.25, 0.3) is 0 Å². The molecule has 0 radical (unpaired) electrons. The normalized spacial score (nSPS) is 22.6. The van der Waals surface area contributed by atoms with E-state index in [-0.39, 0.29) is 0 Å². The number of hydrogen-bond acceptors (Lipinski definition) is 3. The van der Waals surface area contributed by atoms with Crippen LogP contribution in [0.25, 0.3) is 0 Å². The summed E-state index contributed by atoms with van der Waals surface area (Å²) in [7, 11) is 4.39. The third-order valence-electron chi connectivity index (χ3n) is 4.76. The Kier molecular flexibility index (Phi) is 6.22. The van der Waals surface area contributed by atoms with Crippen LogP contribution in [-0.4, -0.2) is 55.6 Å². The minimum atomic E-state index is 0.423. The van der Waals surface area contributed by atoms with Crippen LogP contribution in [0.5, 0.6) is 0 Å². The molecule has 3 unspecified atom stereocenters. The van der Waals surface area contributed by atoms with E-state index in [1.165, 1.54) is 31.5 Å². The summed E-state index contributed by atoms with van der Waals surface area (Å²) in [5.74, 6) is 0. The molecular weight excluding hydrogens is 258 g/mol. The van der Waals surface area contributed by atoms with Gasteiger partial charge in [0.15, 0.2) is 0 Å². The number of rotatable bonds is 7. The van der Waals surface area contributed by atoms with Gasteiger partial charge in [-0.1, -0.05) is 37.3 Å². The zero-order valence-corrected chi connectivity index (χ0v) is 14.0. The summed E-state index contributed by atoms with van der Waals surface area (Å²) >= 11 is 0. The molecule has 1 saturated heterocycles. The maximum atomic E-state index is 3.75. The molecule has 21 heavy (non-hydrogen) atoms. The molecule has 1 aromatic rings. The predicted octanol–water partition coefficient (Wildman–Crippen LogP) is 2.75. The molecule has 1 aliphatic rings. The molecule has 3 nitrogen and oxygen atoms in total. The van der Waals surface area contributed by atoms with Crippen LogP contribution in [0.4, 0.5) is 0 Å². The van der Waals surface area contributed by atoms with Gasteiger partial charge in [0.2, 0.25) is 0 Å². The Hall–Kier alpha value is -0.900. The summed E-state index contributed by atoms with van der Waals surface area (Å²) < 4.78 is 0. The van der Waals surface area contributed by atoms with Crippen molar-refractivity contribution in [3.05, 3.63) is 35.9 Å². The first-order valence-electron chi connectivity index (χ1n) is 8.32. The van der Waals surface area contributed by atoms with Gasteiger partial charge in [-0.15, -0.1) is 0 Å². The van der Waals surface area contributed by atoms with Crippen LogP contribution in [0.15, 0.2) is 30.3 Å². The van der Waals surface area contributed by atoms with Crippen LogP contribution < -0.4 is 5.32 Å². The zero-order valence-electron chi connectivity index (χ0n) is 14.0. The van der Waals surface area contributed by atoms with E-state index in [0.717, 1.165) is 6.54 Å². The topological polar surface area (TPSA) is 18.5 Å². The molecule has 0 aromatic heterocycles. The lowest BCUT2D eigenvalue weighted by Crippen LogP contribution is -2.43. The van der Waals surface area contributed by atoms with E-state index < -0.39 is 0 Å². The maximum Gasteiger partial charge on any atom is 0.0475 e. The first kappa shape index (κ1) is 16.5. The lowest BCUT2D eigenvalue weighted by Gasteiger charge is -2.33. The minimum Gasteiger partial charge on any atom is -0.309 e. The first-order valence-corrected chi connectivity index (χ1v) is 8.32. The Balaban J connectivity index is 2.06.